The average molecular weight is 566 g/mol. The fourth-order valence-electron chi connectivity index (χ4n) is 7.73. The summed E-state index contributed by atoms with van der Waals surface area (Å²) in [5, 5.41) is 5.46. The molecule has 3 heterocycles. The van der Waals surface area contributed by atoms with Gasteiger partial charge in [-0.3, -0.25) is 0 Å². The summed E-state index contributed by atoms with van der Waals surface area (Å²) in [5.74, 6) is 2.25. The number of fused-ring (bicyclic) bond motifs is 2. The molecule has 3 aromatic rings. The molecule has 5 aliphatic rings. The van der Waals surface area contributed by atoms with Crippen molar-refractivity contribution in [3.63, 3.8) is 0 Å². The van der Waals surface area contributed by atoms with Crippen LogP contribution in [0.1, 0.15) is 103 Å². The summed E-state index contributed by atoms with van der Waals surface area (Å²) in [4.78, 5) is 18.8. The first-order chi connectivity index (χ1) is 19.5. The number of benzene rings is 1. The van der Waals surface area contributed by atoms with Gasteiger partial charge in [0.2, 0.25) is 0 Å². The first-order valence-electron chi connectivity index (χ1n) is 15.0. The number of nitrogens with zero attached hydrogens (tertiary/aromatic N) is 3. The predicted octanol–water partition coefficient (Wildman–Crippen LogP) is 6.96. The van der Waals surface area contributed by atoms with Crippen LogP contribution in [-0.4, -0.2) is 42.4 Å². The van der Waals surface area contributed by atoms with Gasteiger partial charge in [0.05, 0.1) is 35.8 Å². The van der Waals surface area contributed by atoms with Gasteiger partial charge < -0.3 is 18.9 Å². The number of carbonyl (C=O) groups is 1. The van der Waals surface area contributed by atoms with E-state index in [1.165, 1.54) is 87.1 Å². The Morgan fingerprint density at radius 1 is 1.10 bits per heavy atom. The third-order valence-corrected chi connectivity index (χ3v) is 11.6. The van der Waals surface area contributed by atoms with Crippen LogP contribution < -0.4 is 4.90 Å². The van der Waals surface area contributed by atoms with Gasteiger partial charge in [-0.1, -0.05) is 16.5 Å². The second-order valence-electron chi connectivity index (χ2n) is 13.1. The zero-order chi connectivity index (χ0) is 27.0. The molecule has 40 heavy (non-hydrogen) atoms. The molecule has 4 aliphatic carbocycles. The molecule has 1 aromatic carbocycles. The van der Waals surface area contributed by atoms with E-state index in [0.717, 1.165) is 36.8 Å². The maximum atomic E-state index is 14.7. The van der Waals surface area contributed by atoms with Gasteiger partial charge in [-0.05, 0) is 93.6 Å². The molecule has 2 atom stereocenters. The number of hydrogen-bond acceptors (Lipinski definition) is 8. The Bertz CT molecular complexity index is 1440. The molecule has 2 unspecified atom stereocenters. The Morgan fingerprint density at radius 3 is 2.52 bits per heavy atom. The largest absolute Gasteiger partial charge is 0.465 e. The van der Waals surface area contributed by atoms with E-state index in [2.05, 4.69) is 15.0 Å². The molecular weight excluding hydrogens is 529 g/mol. The summed E-state index contributed by atoms with van der Waals surface area (Å²) in [6.45, 7) is 2.44. The average Bonchev–Trinajstić information content (AvgIpc) is 3.71. The smallest absolute Gasteiger partial charge is 0.338 e. The lowest BCUT2D eigenvalue weighted by Gasteiger charge is -2.27. The topological polar surface area (TPSA) is 77.7 Å². The second kappa shape index (κ2) is 9.51. The molecule has 4 saturated carbocycles. The maximum Gasteiger partial charge on any atom is 0.338 e. The molecule has 1 aliphatic heterocycles. The van der Waals surface area contributed by atoms with E-state index in [0.29, 0.717) is 45.9 Å². The number of halogens is 1. The molecule has 0 N–H and O–H groups in total. The lowest BCUT2D eigenvalue weighted by molar-refractivity contribution is 0.0395. The van der Waals surface area contributed by atoms with E-state index >= 15 is 0 Å². The maximum absolute atomic E-state index is 14.7. The molecule has 8 rings (SSSR count). The number of ether oxygens (including phenoxy) is 2. The fraction of sp³-hybridized carbons (Fsp3) is 0.645. The molecule has 1 spiro atoms. The van der Waals surface area contributed by atoms with Crippen molar-refractivity contribution < 1.29 is 23.2 Å². The highest BCUT2D eigenvalue weighted by Crippen LogP contribution is 2.59. The monoisotopic (exact) mass is 565 g/mol. The van der Waals surface area contributed by atoms with Crippen LogP contribution in [0.3, 0.4) is 0 Å². The predicted molar refractivity (Wildman–Crippen MR) is 149 cm³/mol. The second-order valence-corrected chi connectivity index (χ2v) is 14.1. The fourth-order valence-corrected chi connectivity index (χ4v) is 8.77. The SMILES string of the molecule is COC(=O)c1cc(F)c2nc(N3CC4CC(OCc5c(C6CCC7(CC6)CC7)noc5C5CC5)CC4C3)sc2c1. The van der Waals surface area contributed by atoms with Crippen molar-refractivity contribution in [2.45, 2.75) is 88.8 Å². The zero-order valence-electron chi connectivity index (χ0n) is 23.0. The summed E-state index contributed by atoms with van der Waals surface area (Å²) >= 11 is 1.45. The molecule has 0 bridgehead atoms. The Kier molecular flexibility index (Phi) is 6.00. The molecule has 0 amide bonds. The third kappa shape index (κ3) is 4.44. The van der Waals surface area contributed by atoms with Crippen LogP contribution in [0, 0.1) is 23.1 Å². The van der Waals surface area contributed by atoms with Crippen molar-refractivity contribution in [1.29, 1.82) is 0 Å². The van der Waals surface area contributed by atoms with Crippen molar-refractivity contribution >= 4 is 32.7 Å². The van der Waals surface area contributed by atoms with Gasteiger partial charge in [0.15, 0.2) is 10.9 Å². The summed E-state index contributed by atoms with van der Waals surface area (Å²) < 4.78 is 32.7. The molecule has 7 nitrogen and oxygen atoms in total. The van der Waals surface area contributed by atoms with Crippen molar-refractivity contribution in [2.75, 3.05) is 25.1 Å². The van der Waals surface area contributed by atoms with Crippen molar-refractivity contribution in [2.24, 2.45) is 17.3 Å². The summed E-state index contributed by atoms with van der Waals surface area (Å²) in [6.07, 6.45) is 12.8. The highest BCUT2D eigenvalue weighted by Gasteiger charge is 2.46. The van der Waals surface area contributed by atoms with E-state index in [1.54, 1.807) is 6.07 Å². The van der Waals surface area contributed by atoms with Gasteiger partial charge in [0, 0.05) is 30.5 Å². The van der Waals surface area contributed by atoms with Gasteiger partial charge in [-0.2, -0.15) is 0 Å². The van der Waals surface area contributed by atoms with Crippen LogP contribution in [0.25, 0.3) is 10.2 Å². The molecule has 2 aromatic heterocycles. The van der Waals surface area contributed by atoms with E-state index in [4.69, 9.17) is 14.0 Å². The van der Waals surface area contributed by atoms with Gasteiger partial charge in [0.1, 0.15) is 11.3 Å². The number of thiazole rings is 1. The summed E-state index contributed by atoms with van der Waals surface area (Å²) in [5.41, 5.74) is 3.68. The highest BCUT2D eigenvalue weighted by atomic mass is 32.1. The normalized spacial score (nSPS) is 27.6. The number of rotatable bonds is 7. The molecule has 212 valence electrons. The van der Waals surface area contributed by atoms with Crippen LogP contribution in [-0.2, 0) is 16.1 Å². The minimum atomic E-state index is -0.537. The van der Waals surface area contributed by atoms with Crippen LogP contribution in [0.2, 0.25) is 0 Å². The van der Waals surface area contributed by atoms with Gasteiger partial charge >= 0.3 is 5.97 Å². The zero-order valence-corrected chi connectivity index (χ0v) is 23.8. The molecule has 0 radical (unpaired) electrons. The van der Waals surface area contributed by atoms with E-state index in [-0.39, 0.29) is 11.7 Å². The standard InChI is InChI=1S/C31H36FN3O4S/c1-37-29(36)19-12-24(32)27-25(13-19)40-30(33-27)35-14-20-10-22(11-21(20)15-35)38-16-23-26(34-39-28(23)18-2-3-18)17-4-6-31(7-5-17)8-9-31/h12-13,17-18,20-22H,2-11,14-16H2,1H3. The van der Waals surface area contributed by atoms with Gasteiger partial charge in [-0.25, -0.2) is 14.2 Å². The number of anilines is 1. The number of carbonyl (C=O) groups excluding carboxylic acids is 1. The molecule has 1 saturated heterocycles. The quantitative estimate of drug-likeness (QED) is 0.287. The molecule has 9 heteroatoms. The lowest BCUT2D eigenvalue weighted by Crippen LogP contribution is -2.23. The van der Waals surface area contributed by atoms with E-state index in [9.17, 15) is 9.18 Å². The van der Waals surface area contributed by atoms with Crippen LogP contribution in [0.15, 0.2) is 16.7 Å². The minimum absolute atomic E-state index is 0.220. The van der Waals surface area contributed by atoms with Crippen LogP contribution in [0.5, 0.6) is 0 Å². The Balaban J connectivity index is 0.917. The first kappa shape index (κ1) is 25.2. The van der Waals surface area contributed by atoms with E-state index < -0.39 is 11.8 Å². The number of aromatic nitrogens is 2. The van der Waals surface area contributed by atoms with Crippen molar-refractivity contribution in [1.82, 2.24) is 10.1 Å². The van der Waals surface area contributed by atoms with Gasteiger partial charge in [-0.15, -0.1) is 0 Å². The first-order valence-corrected chi connectivity index (χ1v) is 15.8. The lowest BCUT2D eigenvalue weighted by atomic mass is 9.77. The Morgan fingerprint density at radius 2 is 1.85 bits per heavy atom. The number of hydrogen-bond donors (Lipinski definition) is 0. The highest BCUT2D eigenvalue weighted by molar-refractivity contribution is 7.22. The minimum Gasteiger partial charge on any atom is -0.465 e. The van der Waals surface area contributed by atoms with Crippen LogP contribution >= 0.6 is 11.3 Å². The molecular formula is C31H36FN3O4S. The molecule has 5 fully saturated rings. The van der Waals surface area contributed by atoms with E-state index in [1.807, 2.05) is 0 Å². The van der Waals surface area contributed by atoms with Crippen molar-refractivity contribution in [3.8, 4) is 0 Å². The Hall–Kier alpha value is -2.52. The number of esters is 1. The summed E-state index contributed by atoms with van der Waals surface area (Å²) in [7, 11) is 1.30. The summed E-state index contributed by atoms with van der Waals surface area (Å²) in [6, 6.07) is 2.89. The third-order valence-electron chi connectivity index (χ3n) is 10.5. The van der Waals surface area contributed by atoms with Crippen LogP contribution in [0.4, 0.5) is 9.52 Å². The van der Waals surface area contributed by atoms with Crippen molar-refractivity contribution in [3.05, 3.63) is 40.5 Å². The van der Waals surface area contributed by atoms with Gasteiger partial charge in [0.25, 0.3) is 0 Å². The Labute approximate surface area is 237 Å². The number of methoxy groups -OCH3 is 1.